The van der Waals surface area contributed by atoms with Crippen LogP contribution < -0.4 is 10.6 Å². The number of aryl methyl sites for hydroxylation is 1. The van der Waals surface area contributed by atoms with Gasteiger partial charge in [-0.05, 0) is 49.8 Å². The zero-order valence-electron chi connectivity index (χ0n) is 21.8. The number of amides is 1. The maximum absolute atomic E-state index is 14.9. The average molecular weight is 494 g/mol. The topological polar surface area (TPSA) is 96.4 Å². The molecule has 0 aromatic heterocycles. The highest BCUT2D eigenvalue weighted by molar-refractivity contribution is 6.21. The summed E-state index contributed by atoms with van der Waals surface area (Å²) in [4.78, 5) is 30.3. The lowest BCUT2D eigenvalue weighted by molar-refractivity contribution is -0.125. The van der Waals surface area contributed by atoms with Gasteiger partial charge in [-0.2, -0.15) is 5.26 Å². The number of ketones is 1. The molecule has 6 rings (SSSR count). The first-order valence-corrected chi connectivity index (χ1v) is 13.0. The molecule has 0 saturated carbocycles. The first kappa shape index (κ1) is 23.5. The number of carbonyl (C=O) groups is 2. The summed E-state index contributed by atoms with van der Waals surface area (Å²) in [5.74, 6) is -0.0692. The van der Waals surface area contributed by atoms with Crippen molar-refractivity contribution in [3.63, 3.8) is 0 Å². The second-order valence-electron chi connectivity index (χ2n) is 11.5. The largest absolute Gasteiger partial charge is 0.444 e. The molecule has 4 aliphatic rings. The van der Waals surface area contributed by atoms with Gasteiger partial charge < -0.3 is 15.4 Å². The van der Waals surface area contributed by atoms with Gasteiger partial charge in [-0.1, -0.05) is 56.3 Å². The number of fused-ring (bicyclic) bond motifs is 2. The molecule has 1 aliphatic carbocycles. The van der Waals surface area contributed by atoms with Gasteiger partial charge in [-0.25, -0.2) is 0 Å². The molecule has 6 heteroatoms. The highest BCUT2D eigenvalue weighted by atomic mass is 16.5. The zero-order valence-corrected chi connectivity index (χ0v) is 21.8. The van der Waals surface area contributed by atoms with E-state index >= 15 is 0 Å². The molecular formula is C31H31N3O3. The van der Waals surface area contributed by atoms with E-state index in [-0.39, 0.29) is 28.6 Å². The van der Waals surface area contributed by atoms with E-state index in [1.54, 1.807) is 0 Å². The van der Waals surface area contributed by atoms with E-state index < -0.39 is 11.0 Å². The lowest BCUT2D eigenvalue weighted by Crippen LogP contribution is -2.58. The lowest BCUT2D eigenvalue weighted by Gasteiger charge is -2.50. The minimum absolute atomic E-state index is 0.0218. The number of anilines is 1. The molecule has 0 fully saturated rings. The Kier molecular flexibility index (Phi) is 4.82. The summed E-state index contributed by atoms with van der Waals surface area (Å²) in [6.45, 7) is 8.46. The van der Waals surface area contributed by atoms with Crippen LogP contribution in [0.3, 0.4) is 0 Å². The third-order valence-corrected chi connectivity index (χ3v) is 8.83. The molecule has 2 atom stereocenters. The van der Waals surface area contributed by atoms with Crippen LogP contribution >= 0.6 is 0 Å². The van der Waals surface area contributed by atoms with Gasteiger partial charge in [0.15, 0.2) is 5.78 Å². The Morgan fingerprint density at radius 3 is 2.46 bits per heavy atom. The fourth-order valence-corrected chi connectivity index (χ4v) is 7.36. The Labute approximate surface area is 217 Å². The number of benzene rings is 2. The molecule has 1 amide bonds. The summed E-state index contributed by atoms with van der Waals surface area (Å²) in [6.07, 6.45) is 2.89. The number of hydrogen-bond donors (Lipinski definition) is 1. The van der Waals surface area contributed by atoms with Gasteiger partial charge in [0.25, 0.3) is 0 Å². The van der Waals surface area contributed by atoms with Crippen LogP contribution in [-0.2, 0) is 31.6 Å². The van der Waals surface area contributed by atoms with Gasteiger partial charge in [-0.3, -0.25) is 9.59 Å². The van der Waals surface area contributed by atoms with Crippen LogP contribution in [0.25, 0.3) is 0 Å². The Bertz CT molecular complexity index is 1490. The Hall–Kier alpha value is -3.85. The van der Waals surface area contributed by atoms with E-state index in [4.69, 9.17) is 10.5 Å². The van der Waals surface area contributed by atoms with Gasteiger partial charge >= 0.3 is 0 Å². The van der Waals surface area contributed by atoms with Crippen molar-refractivity contribution in [3.05, 3.63) is 87.5 Å². The van der Waals surface area contributed by atoms with Crippen LogP contribution in [-0.4, -0.2) is 17.2 Å². The van der Waals surface area contributed by atoms with E-state index in [9.17, 15) is 14.9 Å². The standard InChI is InChI=1S/C31H31N3O3/c1-5-18-14-20-26-21(15-18)31(22(16-32)27(33)37-24-13-9-12-23(35)25(24)31)28(36)34(26)29(2,3)17-30(20,4)19-10-7-6-8-11-19/h6-8,10-11,14-15H,5,9,12-13,17,33H2,1-4H3/t30-,31+/m1/s1. The molecule has 0 radical (unpaired) electrons. The van der Waals surface area contributed by atoms with Gasteiger partial charge in [0, 0.05) is 29.4 Å². The molecule has 188 valence electrons. The predicted octanol–water partition coefficient (Wildman–Crippen LogP) is 5.05. The van der Waals surface area contributed by atoms with Crippen LogP contribution in [0, 0.1) is 11.3 Å². The number of nitrogens with zero attached hydrogens (tertiary/aromatic N) is 2. The van der Waals surface area contributed by atoms with Crippen LogP contribution in [0.4, 0.5) is 5.69 Å². The SMILES string of the molecule is CCc1cc2c3c(c1)[C@@](C)(c1ccccc1)CC(C)(C)N3C(=O)[C@]21C(C#N)=C(N)OC2=C1C(=O)CCC2. The summed E-state index contributed by atoms with van der Waals surface area (Å²) in [5.41, 5.74) is 8.88. The second kappa shape index (κ2) is 7.58. The summed E-state index contributed by atoms with van der Waals surface area (Å²) in [7, 11) is 0. The summed E-state index contributed by atoms with van der Waals surface area (Å²) >= 11 is 0. The molecule has 2 aromatic carbocycles. The highest BCUT2D eigenvalue weighted by Crippen LogP contribution is 2.63. The van der Waals surface area contributed by atoms with Crippen molar-refractivity contribution in [2.45, 2.75) is 76.2 Å². The second-order valence-corrected chi connectivity index (χ2v) is 11.5. The number of carbonyl (C=O) groups excluding carboxylic acids is 2. The third kappa shape index (κ3) is 2.80. The van der Waals surface area contributed by atoms with E-state index in [0.717, 1.165) is 23.2 Å². The van der Waals surface area contributed by atoms with Crippen molar-refractivity contribution in [1.82, 2.24) is 0 Å². The molecule has 0 bridgehead atoms. The third-order valence-electron chi connectivity index (χ3n) is 8.83. The van der Waals surface area contributed by atoms with Crippen molar-refractivity contribution in [2.75, 3.05) is 4.90 Å². The molecule has 1 spiro atoms. The number of ether oxygens (including phenoxy) is 1. The van der Waals surface area contributed by atoms with E-state index in [2.05, 4.69) is 52.0 Å². The molecule has 3 heterocycles. The Balaban J connectivity index is 1.78. The van der Waals surface area contributed by atoms with Crippen molar-refractivity contribution in [2.24, 2.45) is 5.73 Å². The lowest BCUT2D eigenvalue weighted by atomic mass is 9.63. The first-order valence-electron chi connectivity index (χ1n) is 13.0. The maximum Gasteiger partial charge on any atom is 0.248 e. The zero-order chi connectivity index (χ0) is 26.3. The fraction of sp³-hybridized carbons (Fsp3) is 0.387. The quantitative estimate of drug-likeness (QED) is 0.631. The number of rotatable bonds is 2. The van der Waals surface area contributed by atoms with Crippen LogP contribution in [0.1, 0.15) is 75.6 Å². The summed E-state index contributed by atoms with van der Waals surface area (Å²) in [6, 6.07) is 16.8. The first-order chi connectivity index (χ1) is 17.6. The smallest absolute Gasteiger partial charge is 0.248 e. The van der Waals surface area contributed by atoms with Crippen LogP contribution in [0.5, 0.6) is 0 Å². The van der Waals surface area contributed by atoms with E-state index in [1.165, 1.54) is 5.56 Å². The van der Waals surface area contributed by atoms with Crippen molar-refractivity contribution >= 4 is 17.4 Å². The fourth-order valence-electron chi connectivity index (χ4n) is 7.36. The molecule has 3 aliphatic heterocycles. The normalized spacial score (nSPS) is 27.7. The van der Waals surface area contributed by atoms with Gasteiger partial charge in [-0.15, -0.1) is 0 Å². The predicted molar refractivity (Wildman–Crippen MR) is 140 cm³/mol. The maximum atomic E-state index is 14.9. The van der Waals surface area contributed by atoms with Crippen molar-refractivity contribution in [1.29, 1.82) is 5.26 Å². The summed E-state index contributed by atoms with van der Waals surface area (Å²) < 4.78 is 5.87. The monoisotopic (exact) mass is 493 g/mol. The number of Topliss-reactive ketones (excluding diaryl/α,β-unsaturated/α-hetero) is 1. The minimum atomic E-state index is -1.58. The van der Waals surface area contributed by atoms with Crippen LogP contribution in [0.2, 0.25) is 0 Å². The van der Waals surface area contributed by atoms with Crippen molar-refractivity contribution in [3.8, 4) is 6.07 Å². The summed E-state index contributed by atoms with van der Waals surface area (Å²) in [5, 5.41) is 10.4. The molecule has 0 unspecified atom stereocenters. The van der Waals surface area contributed by atoms with Crippen LogP contribution in [0.15, 0.2) is 65.3 Å². The van der Waals surface area contributed by atoms with Gasteiger partial charge in [0.2, 0.25) is 11.8 Å². The molecule has 6 nitrogen and oxygen atoms in total. The number of allylic oxidation sites excluding steroid dienone is 1. The Morgan fingerprint density at radius 1 is 1.08 bits per heavy atom. The molecule has 2 aromatic rings. The molecule has 37 heavy (non-hydrogen) atoms. The average Bonchev–Trinajstić information content (AvgIpc) is 3.12. The van der Waals surface area contributed by atoms with Gasteiger partial charge in [0.1, 0.15) is 22.8 Å². The van der Waals surface area contributed by atoms with E-state index in [0.29, 0.717) is 42.6 Å². The Morgan fingerprint density at radius 2 is 1.78 bits per heavy atom. The molecule has 2 N–H and O–H groups in total. The van der Waals surface area contributed by atoms with E-state index in [1.807, 2.05) is 29.2 Å². The number of nitriles is 1. The van der Waals surface area contributed by atoms with Crippen molar-refractivity contribution < 1.29 is 14.3 Å². The highest BCUT2D eigenvalue weighted by Gasteiger charge is 2.66. The number of nitrogens with two attached hydrogens (primary N) is 1. The molecular weight excluding hydrogens is 462 g/mol. The minimum Gasteiger partial charge on any atom is -0.444 e. The van der Waals surface area contributed by atoms with Gasteiger partial charge in [0.05, 0.1) is 11.3 Å². The number of hydrogen-bond acceptors (Lipinski definition) is 5. The molecule has 0 saturated heterocycles.